The van der Waals surface area contributed by atoms with Gasteiger partial charge in [0.05, 0.1) is 12.1 Å². The molecule has 1 N–H and O–H groups in total. The van der Waals surface area contributed by atoms with Gasteiger partial charge in [-0.2, -0.15) is 0 Å². The Morgan fingerprint density at radius 2 is 1.66 bits per heavy atom. The van der Waals surface area contributed by atoms with Gasteiger partial charge in [0.15, 0.2) is 11.6 Å². The summed E-state index contributed by atoms with van der Waals surface area (Å²) < 4.78 is 48.0. The molecule has 38 heavy (non-hydrogen) atoms. The smallest absolute Gasteiger partial charge is 0.415 e. The first kappa shape index (κ1) is 26.1. The molecule has 5 rings (SSSR count). The van der Waals surface area contributed by atoms with Gasteiger partial charge in [0.25, 0.3) is 0 Å². The van der Waals surface area contributed by atoms with Crippen LogP contribution in [0.2, 0.25) is 5.02 Å². The highest BCUT2D eigenvalue weighted by molar-refractivity contribution is 6.31. The number of aryl methyl sites for hydroxylation is 1. The molecular formula is C28H24ClF3N2O4. The third-order valence-electron chi connectivity index (χ3n) is 7.24. The third kappa shape index (κ3) is 4.96. The molecular weight excluding hydrogens is 521 g/mol. The van der Waals surface area contributed by atoms with Crippen molar-refractivity contribution in [3.05, 3.63) is 87.7 Å². The maximum Gasteiger partial charge on any atom is 0.415 e. The molecule has 3 aromatic rings. The molecule has 3 aromatic carbocycles. The van der Waals surface area contributed by atoms with E-state index in [2.05, 4.69) is 4.90 Å². The summed E-state index contributed by atoms with van der Waals surface area (Å²) in [6, 6.07) is 10.8. The molecule has 198 valence electrons. The molecule has 0 unspecified atom stereocenters. The first-order valence-electron chi connectivity index (χ1n) is 12.1. The van der Waals surface area contributed by atoms with Crippen LogP contribution in [0.1, 0.15) is 34.3 Å². The number of halogens is 4. The highest BCUT2D eigenvalue weighted by Gasteiger charge is 2.47. The van der Waals surface area contributed by atoms with Crippen LogP contribution >= 0.6 is 11.6 Å². The van der Waals surface area contributed by atoms with Crippen LogP contribution in [-0.4, -0.2) is 47.3 Å². The van der Waals surface area contributed by atoms with Crippen LogP contribution in [0.4, 0.5) is 23.7 Å². The van der Waals surface area contributed by atoms with Crippen LogP contribution < -0.4 is 4.90 Å². The average molecular weight is 545 g/mol. The van der Waals surface area contributed by atoms with Gasteiger partial charge in [-0.25, -0.2) is 22.8 Å². The second kappa shape index (κ2) is 9.96. The fourth-order valence-corrected chi connectivity index (χ4v) is 5.25. The number of piperidine rings is 1. The van der Waals surface area contributed by atoms with E-state index >= 15 is 0 Å². The van der Waals surface area contributed by atoms with E-state index in [4.69, 9.17) is 21.4 Å². The van der Waals surface area contributed by atoms with Crippen molar-refractivity contribution >= 4 is 29.4 Å². The number of aromatic carboxylic acids is 1. The van der Waals surface area contributed by atoms with Gasteiger partial charge in [0.1, 0.15) is 11.4 Å². The molecule has 1 spiro atoms. The monoisotopic (exact) mass is 544 g/mol. The molecule has 2 fully saturated rings. The van der Waals surface area contributed by atoms with Gasteiger partial charge < -0.3 is 9.84 Å². The summed E-state index contributed by atoms with van der Waals surface area (Å²) in [6.45, 7) is 3.63. The zero-order chi connectivity index (χ0) is 27.2. The fourth-order valence-electron chi connectivity index (χ4n) is 5.06. The van der Waals surface area contributed by atoms with Crippen LogP contribution in [0.3, 0.4) is 0 Å². The van der Waals surface area contributed by atoms with Crippen molar-refractivity contribution in [3.8, 4) is 11.1 Å². The topological polar surface area (TPSA) is 70.1 Å². The lowest BCUT2D eigenvalue weighted by Crippen LogP contribution is -2.46. The van der Waals surface area contributed by atoms with E-state index in [1.165, 1.54) is 17.0 Å². The van der Waals surface area contributed by atoms with E-state index in [-0.39, 0.29) is 11.1 Å². The van der Waals surface area contributed by atoms with Crippen molar-refractivity contribution < 1.29 is 32.6 Å². The van der Waals surface area contributed by atoms with Gasteiger partial charge in [-0.1, -0.05) is 11.6 Å². The maximum atomic E-state index is 14.6. The van der Waals surface area contributed by atoms with Gasteiger partial charge in [-0.3, -0.25) is 9.80 Å². The number of hydrogen-bond donors (Lipinski definition) is 1. The molecule has 2 aliphatic rings. The SMILES string of the molecule is Cc1cc(-c2cc(F)c(F)cc2F)c(CN2CCC3(CC2)CN(c2ccc(C(=O)O)cc2)C(=O)O3)cc1Cl. The molecule has 0 aromatic heterocycles. The van der Waals surface area contributed by atoms with E-state index in [0.29, 0.717) is 72.5 Å². The molecule has 2 heterocycles. The second-order valence-corrected chi connectivity index (χ2v) is 10.2. The molecule has 1 amide bonds. The van der Waals surface area contributed by atoms with Crippen molar-refractivity contribution in [2.75, 3.05) is 24.5 Å². The van der Waals surface area contributed by atoms with Crippen molar-refractivity contribution in [2.45, 2.75) is 31.9 Å². The molecule has 6 nitrogen and oxygen atoms in total. The highest BCUT2D eigenvalue weighted by Crippen LogP contribution is 2.38. The Balaban J connectivity index is 1.31. The Kier molecular flexibility index (Phi) is 6.83. The molecule has 0 atom stereocenters. The molecule has 0 bridgehead atoms. The summed E-state index contributed by atoms with van der Waals surface area (Å²) in [5.41, 5.74) is 1.76. The predicted molar refractivity (Wildman–Crippen MR) is 136 cm³/mol. The summed E-state index contributed by atoms with van der Waals surface area (Å²) in [5, 5.41) is 9.58. The number of rotatable bonds is 5. The quantitative estimate of drug-likeness (QED) is 0.375. The van der Waals surface area contributed by atoms with Crippen LogP contribution in [0, 0.1) is 24.4 Å². The second-order valence-electron chi connectivity index (χ2n) is 9.77. The number of hydrogen-bond acceptors (Lipinski definition) is 4. The molecule has 10 heteroatoms. The van der Waals surface area contributed by atoms with Crippen LogP contribution in [-0.2, 0) is 11.3 Å². The number of benzene rings is 3. The molecule has 0 saturated carbocycles. The number of carbonyl (C=O) groups is 2. The molecule has 2 aliphatic heterocycles. The van der Waals surface area contributed by atoms with E-state index in [1.54, 1.807) is 31.2 Å². The standard InChI is InChI=1S/C28H24ClF3N2O4/c1-16-10-20(21-12-24(31)25(32)13-23(21)30)18(11-22(16)29)14-33-8-6-28(7-9-33)15-34(27(37)38-28)19-4-2-17(3-5-19)26(35)36/h2-5,10-13H,6-9,14-15H2,1H3,(H,35,36). The van der Waals surface area contributed by atoms with Crippen molar-refractivity contribution in [3.63, 3.8) is 0 Å². The largest absolute Gasteiger partial charge is 0.478 e. The number of anilines is 1. The Morgan fingerprint density at radius 3 is 2.32 bits per heavy atom. The number of amides is 1. The number of ether oxygens (including phenoxy) is 1. The maximum absolute atomic E-state index is 14.6. The minimum absolute atomic E-state index is 0.0403. The van der Waals surface area contributed by atoms with Gasteiger partial charge in [-0.05, 0) is 66.1 Å². The van der Waals surface area contributed by atoms with E-state index in [9.17, 15) is 22.8 Å². The number of carboxylic acids is 1. The number of carboxylic acid groups (broad SMARTS) is 1. The van der Waals surface area contributed by atoms with Gasteiger partial charge in [-0.15, -0.1) is 0 Å². The van der Waals surface area contributed by atoms with Gasteiger partial charge in [0.2, 0.25) is 0 Å². The summed E-state index contributed by atoms with van der Waals surface area (Å²) >= 11 is 6.36. The number of likely N-dealkylation sites (tertiary alicyclic amines) is 1. The van der Waals surface area contributed by atoms with Gasteiger partial charge >= 0.3 is 12.1 Å². The Hall–Kier alpha value is -3.56. The van der Waals surface area contributed by atoms with E-state index in [1.807, 2.05) is 0 Å². The lowest BCUT2D eigenvalue weighted by Gasteiger charge is -2.37. The minimum Gasteiger partial charge on any atom is -0.478 e. The van der Waals surface area contributed by atoms with Crippen molar-refractivity contribution in [1.29, 1.82) is 0 Å². The summed E-state index contributed by atoms with van der Waals surface area (Å²) in [6.07, 6.45) is 0.622. The van der Waals surface area contributed by atoms with E-state index in [0.717, 1.165) is 6.07 Å². The fraction of sp³-hybridized carbons (Fsp3) is 0.286. The normalized spacial score (nSPS) is 17.2. The minimum atomic E-state index is -1.25. The number of nitrogens with zero attached hydrogens (tertiary/aromatic N) is 2. The lowest BCUT2D eigenvalue weighted by atomic mass is 9.90. The van der Waals surface area contributed by atoms with Crippen LogP contribution in [0.5, 0.6) is 0 Å². The Labute approximate surface area is 222 Å². The van der Waals surface area contributed by atoms with Crippen LogP contribution in [0.25, 0.3) is 11.1 Å². The third-order valence-corrected chi connectivity index (χ3v) is 7.65. The first-order chi connectivity index (χ1) is 18.0. The zero-order valence-corrected chi connectivity index (χ0v) is 21.2. The van der Waals surface area contributed by atoms with Crippen molar-refractivity contribution in [1.82, 2.24) is 4.90 Å². The lowest BCUT2D eigenvalue weighted by molar-refractivity contribution is -0.000943. The summed E-state index contributed by atoms with van der Waals surface area (Å²) in [4.78, 5) is 27.4. The predicted octanol–water partition coefficient (Wildman–Crippen LogP) is 6.42. The molecule has 0 aliphatic carbocycles. The highest BCUT2D eigenvalue weighted by atomic mass is 35.5. The summed E-state index contributed by atoms with van der Waals surface area (Å²) in [5.74, 6) is -4.30. The van der Waals surface area contributed by atoms with Gasteiger partial charge in [0, 0.05) is 54.8 Å². The average Bonchev–Trinajstić information content (AvgIpc) is 3.20. The Morgan fingerprint density at radius 1 is 1.00 bits per heavy atom. The van der Waals surface area contributed by atoms with E-state index < -0.39 is 35.1 Å². The molecule has 2 saturated heterocycles. The first-order valence-corrected chi connectivity index (χ1v) is 12.4. The Bertz CT molecular complexity index is 1420. The molecule has 0 radical (unpaired) electrons. The zero-order valence-electron chi connectivity index (χ0n) is 20.4. The van der Waals surface area contributed by atoms with Crippen molar-refractivity contribution in [2.24, 2.45) is 0 Å². The number of carbonyl (C=O) groups excluding carboxylic acids is 1. The van der Waals surface area contributed by atoms with Crippen LogP contribution in [0.15, 0.2) is 48.5 Å². The summed E-state index contributed by atoms with van der Waals surface area (Å²) in [7, 11) is 0.